The van der Waals surface area contributed by atoms with Gasteiger partial charge < -0.3 is 9.64 Å². The number of carbonyl (C=O) groups is 1. The Bertz CT molecular complexity index is 996. The molecule has 0 radical (unpaired) electrons. The third-order valence-corrected chi connectivity index (χ3v) is 8.66. The zero-order valence-electron chi connectivity index (χ0n) is 16.5. The lowest BCUT2D eigenvalue weighted by molar-refractivity contribution is -0.139. The van der Waals surface area contributed by atoms with Crippen molar-refractivity contribution in [3.8, 4) is 5.75 Å². The highest BCUT2D eigenvalue weighted by atomic mass is 32.2. The van der Waals surface area contributed by atoms with Gasteiger partial charge in [-0.2, -0.15) is 0 Å². The van der Waals surface area contributed by atoms with Crippen LogP contribution in [0, 0.1) is 5.92 Å². The fraction of sp³-hybridized carbons (Fsp3) is 0.476. The Morgan fingerprint density at radius 3 is 2.86 bits per heavy atom. The topological polar surface area (TPSA) is 75.7 Å². The monoisotopic (exact) mass is 434 g/mol. The Morgan fingerprint density at radius 1 is 1.31 bits per heavy atom. The van der Waals surface area contributed by atoms with Crippen LogP contribution in [0.1, 0.15) is 42.2 Å². The first-order valence-electron chi connectivity index (χ1n) is 10.1. The predicted octanol–water partition coefficient (Wildman–Crippen LogP) is 3.31. The number of hydrogen-bond donors (Lipinski definition) is 1. The molecule has 1 fully saturated rings. The van der Waals surface area contributed by atoms with Gasteiger partial charge in [0.05, 0.1) is 6.61 Å². The molecule has 2 heterocycles. The summed E-state index contributed by atoms with van der Waals surface area (Å²) in [4.78, 5) is 15.5. The summed E-state index contributed by atoms with van der Waals surface area (Å²) in [5.41, 5.74) is 1.81. The number of hydrogen-bond acceptors (Lipinski definition) is 5. The van der Waals surface area contributed by atoms with E-state index in [1.165, 1.54) is 11.3 Å². The van der Waals surface area contributed by atoms with Crippen molar-refractivity contribution < 1.29 is 17.9 Å². The molecule has 1 aliphatic heterocycles. The fourth-order valence-corrected chi connectivity index (χ4v) is 6.31. The van der Waals surface area contributed by atoms with Crippen molar-refractivity contribution in [1.82, 2.24) is 9.62 Å². The van der Waals surface area contributed by atoms with E-state index in [2.05, 4.69) is 4.72 Å². The molecule has 1 aliphatic carbocycles. The average Bonchev–Trinajstić information content (AvgIpc) is 3.10. The molecule has 0 atom stereocenters. The number of nitrogens with one attached hydrogen (secondary N) is 1. The molecular weight excluding hydrogens is 408 g/mol. The van der Waals surface area contributed by atoms with Crippen LogP contribution in [0.5, 0.6) is 5.75 Å². The molecule has 1 aromatic heterocycles. The molecule has 4 rings (SSSR count). The van der Waals surface area contributed by atoms with E-state index in [1.54, 1.807) is 6.07 Å². The zero-order chi connectivity index (χ0) is 20.4. The van der Waals surface area contributed by atoms with Crippen molar-refractivity contribution in [3.05, 3.63) is 46.3 Å². The minimum absolute atomic E-state index is 0.174. The van der Waals surface area contributed by atoms with Gasteiger partial charge in [-0.3, -0.25) is 4.79 Å². The Labute approximate surface area is 175 Å². The summed E-state index contributed by atoms with van der Waals surface area (Å²) in [5.74, 6) is 1.13. The second-order valence-corrected chi connectivity index (χ2v) is 10.7. The molecule has 0 bridgehead atoms. The normalized spacial score (nSPS) is 16.9. The Balaban J connectivity index is 1.43. The number of sulfonamides is 1. The number of benzene rings is 1. The molecule has 2 aliphatic rings. The summed E-state index contributed by atoms with van der Waals surface area (Å²) in [5, 5.41) is 0. The number of carbonyl (C=O) groups excluding carboxylic acids is 1. The van der Waals surface area contributed by atoms with Gasteiger partial charge in [0, 0.05) is 30.4 Å². The van der Waals surface area contributed by atoms with E-state index in [1.807, 2.05) is 36.1 Å². The van der Waals surface area contributed by atoms with Crippen LogP contribution in [0.3, 0.4) is 0 Å². The number of nitrogens with zero attached hydrogens (tertiary/aromatic N) is 1. The Kier molecular flexibility index (Phi) is 5.94. The molecule has 8 heteroatoms. The third-order valence-electron chi connectivity index (χ3n) is 5.55. The summed E-state index contributed by atoms with van der Waals surface area (Å²) in [6.45, 7) is 3.89. The van der Waals surface area contributed by atoms with Crippen LogP contribution in [-0.2, 0) is 34.3 Å². The minimum atomic E-state index is -3.60. The standard InChI is InChI=1S/C21H26N2O4S2/c1-2-27-18-8-3-5-15(11-18)13-22-29(25,26)20-12-17-14-23(10-9-19(17)28-20)21(24)16-6-4-7-16/h3,5,8,11-12,16,22H,2,4,6-7,9-10,13-14H2,1H3. The van der Waals surface area contributed by atoms with Gasteiger partial charge in [-0.1, -0.05) is 18.6 Å². The lowest BCUT2D eigenvalue weighted by Crippen LogP contribution is -2.41. The van der Waals surface area contributed by atoms with E-state index in [-0.39, 0.29) is 18.4 Å². The first-order valence-corrected chi connectivity index (χ1v) is 12.4. The maximum Gasteiger partial charge on any atom is 0.250 e. The van der Waals surface area contributed by atoms with Crippen molar-refractivity contribution >= 4 is 27.3 Å². The van der Waals surface area contributed by atoms with Gasteiger partial charge in [0.2, 0.25) is 15.9 Å². The summed E-state index contributed by atoms with van der Waals surface area (Å²) >= 11 is 1.32. The van der Waals surface area contributed by atoms with E-state index >= 15 is 0 Å². The Morgan fingerprint density at radius 2 is 2.14 bits per heavy atom. The van der Waals surface area contributed by atoms with Gasteiger partial charge in [0.15, 0.2) is 0 Å². The number of amides is 1. The van der Waals surface area contributed by atoms with E-state index in [0.29, 0.717) is 23.9 Å². The summed E-state index contributed by atoms with van der Waals surface area (Å²) in [7, 11) is -3.60. The lowest BCUT2D eigenvalue weighted by Gasteiger charge is -2.33. The molecule has 156 valence electrons. The van der Waals surface area contributed by atoms with Gasteiger partial charge in [0.1, 0.15) is 9.96 Å². The van der Waals surface area contributed by atoms with Crippen molar-refractivity contribution in [2.45, 2.75) is 49.9 Å². The van der Waals surface area contributed by atoms with Crippen LogP contribution >= 0.6 is 11.3 Å². The van der Waals surface area contributed by atoms with Crippen LogP contribution in [0.25, 0.3) is 0 Å². The molecular formula is C21H26N2O4S2. The molecule has 0 unspecified atom stereocenters. The molecule has 1 N–H and O–H groups in total. The van der Waals surface area contributed by atoms with Gasteiger partial charge >= 0.3 is 0 Å². The van der Waals surface area contributed by atoms with Crippen LogP contribution in [-0.4, -0.2) is 32.4 Å². The van der Waals surface area contributed by atoms with E-state index < -0.39 is 10.0 Å². The molecule has 2 aromatic rings. The van der Waals surface area contributed by atoms with E-state index in [9.17, 15) is 13.2 Å². The maximum absolute atomic E-state index is 12.8. The Hall–Kier alpha value is -1.90. The highest BCUT2D eigenvalue weighted by molar-refractivity contribution is 7.91. The predicted molar refractivity (Wildman–Crippen MR) is 112 cm³/mol. The highest BCUT2D eigenvalue weighted by Gasteiger charge is 2.32. The smallest absolute Gasteiger partial charge is 0.250 e. The van der Waals surface area contributed by atoms with Gasteiger partial charge in [-0.05, 0) is 55.5 Å². The first-order chi connectivity index (χ1) is 14.0. The molecule has 29 heavy (non-hydrogen) atoms. The number of ether oxygens (including phenoxy) is 1. The van der Waals surface area contributed by atoms with Gasteiger partial charge in [-0.25, -0.2) is 13.1 Å². The van der Waals surface area contributed by atoms with Gasteiger partial charge in [0.25, 0.3) is 0 Å². The summed E-state index contributed by atoms with van der Waals surface area (Å²) in [6, 6.07) is 9.15. The lowest BCUT2D eigenvalue weighted by atomic mass is 9.84. The molecule has 0 spiro atoms. The molecule has 1 aromatic carbocycles. The van der Waals surface area contributed by atoms with Crippen LogP contribution in [0.2, 0.25) is 0 Å². The third kappa shape index (κ3) is 4.49. The van der Waals surface area contributed by atoms with Gasteiger partial charge in [-0.15, -0.1) is 11.3 Å². The average molecular weight is 435 g/mol. The van der Waals surface area contributed by atoms with Crippen LogP contribution < -0.4 is 9.46 Å². The van der Waals surface area contributed by atoms with Crippen LogP contribution in [0.4, 0.5) is 0 Å². The molecule has 6 nitrogen and oxygen atoms in total. The van der Waals surface area contributed by atoms with E-state index in [4.69, 9.17) is 4.74 Å². The molecule has 1 amide bonds. The number of rotatable bonds is 7. The van der Waals surface area contributed by atoms with Crippen molar-refractivity contribution in [2.24, 2.45) is 5.92 Å². The van der Waals surface area contributed by atoms with Crippen molar-refractivity contribution in [2.75, 3.05) is 13.2 Å². The SMILES string of the molecule is CCOc1cccc(CNS(=O)(=O)c2cc3c(s2)CCN(C(=O)C2CCC2)C3)c1. The van der Waals surface area contributed by atoms with Crippen molar-refractivity contribution in [1.29, 1.82) is 0 Å². The largest absolute Gasteiger partial charge is 0.494 e. The second-order valence-electron chi connectivity index (χ2n) is 7.56. The second kappa shape index (κ2) is 8.45. The minimum Gasteiger partial charge on any atom is -0.494 e. The number of thiophene rings is 1. The molecule has 0 saturated heterocycles. The highest BCUT2D eigenvalue weighted by Crippen LogP contribution is 2.34. The number of fused-ring (bicyclic) bond motifs is 1. The zero-order valence-corrected chi connectivity index (χ0v) is 18.2. The van der Waals surface area contributed by atoms with Crippen molar-refractivity contribution in [3.63, 3.8) is 0 Å². The quantitative estimate of drug-likeness (QED) is 0.725. The summed E-state index contributed by atoms with van der Waals surface area (Å²) in [6.07, 6.45) is 3.83. The molecule has 1 saturated carbocycles. The maximum atomic E-state index is 12.8. The summed E-state index contributed by atoms with van der Waals surface area (Å²) < 4.78 is 34.1. The first kappa shape index (κ1) is 20.4. The van der Waals surface area contributed by atoms with Crippen LogP contribution in [0.15, 0.2) is 34.5 Å². The fourth-order valence-electron chi connectivity index (χ4n) is 3.70. The van der Waals surface area contributed by atoms with E-state index in [0.717, 1.165) is 47.4 Å².